The van der Waals surface area contributed by atoms with Crippen LogP contribution in [0.4, 0.5) is 0 Å². The molecule has 1 atom stereocenters. The van der Waals surface area contributed by atoms with Gasteiger partial charge in [0, 0.05) is 11.6 Å². The fraction of sp³-hybridized carbons (Fsp3) is 0.364. The summed E-state index contributed by atoms with van der Waals surface area (Å²) in [4.78, 5) is 0. The van der Waals surface area contributed by atoms with E-state index in [2.05, 4.69) is 21.0 Å². The minimum Gasteiger partial charge on any atom is -0.453 e. The Hall–Kier alpha value is -0.780. The number of halogens is 2. The number of furan rings is 1. The maximum Gasteiger partial charge on any atom is 0.199 e. The van der Waals surface area contributed by atoms with Gasteiger partial charge in [-0.25, -0.2) is 0 Å². The zero-order valence-corrected chi connectivity index (χ0v) is 11.7. The summed E-state index contributed by atoms with van der Waals surface area (Å²) in [6, 6.07) is 1.80. The molecule has 0 saturated heterocycles. The molecule has 17 heavy (non-hydrogen) atoms. The van der Waals surface area contributed by atoms with Crippen molar-refractivity contribution < 1.29 is 9.52 Å². The van der Waals surface area contributed by atoms with Crippen molar-refractivity contribution >= 4 is 27.5 Å². The van der Waals surface area contributed by atoms with Gasteiger partial charge in [0.1, 0.15) is 6.10 Å². The number of hydrogen-bond acceptors (Lipinski definition) is 3. The number of aliphatic hydroxyl groups is 1. The zero-order valence-electron chi connectivity index (χ0n) is 9.39. The standard InChI is InChI=1S/C11H12BrClN2O2/c1-6(2)15-9(8(12)5-14-15)10(16)7-3-4-17-11(7)13/h3-6,10,16H,1-2H3. The SMILES string of the molecule is CC(C)n1ncc(Br)c1C(O)c1ccoc1Cl. The second-order valence-corrected chi connectivity index (χ2v) is 5.17. The smallest absolute Gasteiger partial charge is 0.199 e. The Morgan fingerprint density at radius 2 is 2.24 bits per heavy atom. The highest BCUT2D eigenvalue weighted by atomic mass is 79.9. The van der Waals surface area contributed by atoms with E-state index < -0.39 is 6.10 Å². The molecule has 4 nitrogen and oxygen atoms in total. The summed E-state index contributed by atoms with van der Waals surface area (Å²) in [7, 11) is 0. The molecule has 0 aromatic carbocycles. The van der Waals surface area contributed by atoms with Gasteiger partial charge in [-0.1, -0.05) is 0 Å². The molecular formula is C11H12BrClN2O2. The van der Waals surface area contributed by atoms with Crippen LogP contribution in [0.25, 0.3) is 0 Å². The van der Waals surface area contributed by atoms with E-state index in [1.54, 1.807) is 16.9 Å². The molecule has 0 fully saturated rings. The molecule has 0 radical (unpaired) electrons. The van der Waals surface area contributed by atoms with Crippen LogP contribution in [0.2, 0.25) is 5.22 Å². The Morgan fingerprint density at radius 1 is 1.53 bits per heavy atom. The van der Waals surface area contributed by atoms with Crippen LogP contribution < -0.4 is 0 Å². The zero-order chi connectivity index (χ0) is 12.6. The minimum absolute atomic E-state index is 0.150. The van der Waals surface area contributed by atoms with Crippen LogP contribution in [0.3, 0.4) is 0 Å². The summed E-state index contributed by atoms with van der Waals surface area (Å²) < 4.78 is 7.48. The molecule has 0 aliphatic heterocycles. The van der Waals surface area contributed by atoms with Gasteiger partial charge in [-0.05, 0) is 47.4 Å². The Morgan fingerprint density at radius 3 is 2.76 bits per heavy atom. The first kappa shape index (κ1) is 12.7. The van der Waals surface area contributed by atoms with E-state index in [1.165, 1.54) is 6.26 Å². The third-order valence-corrected chi connectivity index (χ3v) is 3.39. The van der Waals surface area contributed by atoms with E-state index in [4.69, 9.17) is 16.0 Å². The van der Waals surface area contributed by atoms with E-state index in [0.29, 0.717) is 11.3 Å². The van der Waals surface area contributed by atoms with Crippen molar-refractivity contribution in [1.29, 1.82) is 0 Å². The van der Waals surface area contributed by atoms with Crippen LogP contribution in [0.5, 0.6) is 0 Å². The van der Waals surface area contributed by atoms with Gasteiger partial charge in [-0.15, -0.1) is 0 Å². The van der Waals surface area contributed by atoms with Crippen LogP contribution in [0.1, 0.15) is 37.3 Å². The number of hydrogen-bond donors (Lipinski definition) is 1. The summed E-state index contributed by atoms with van der Waals surface area (Å²) in [5, 5.41) is 14.7. The van der Waals surface area contributed by atoms with Crippen molar-refractivity contribution in [3.05, 3.63) is 39.5 Å². The largest absolute Gasteiger partial charge is 0.453 e. The first-order valence-corrected chi connectivity index (χ1v) is 6.33. The molecule has 1 unspecified atom stereocenters. The average Bonchev–Trinajstić information content (AvgIpc) is 2.83. The summed E-state index contributed by atoms with van der Waals surface area (Å²) in [5.41, 5.74) is 1.21. The first-order chi connectivity index (χ1) is 8.02. The lowest BCUT2D eigenvalue weighted by Gasteiger charge is -2.15. The monoisotopic (exact) mass is 318 g/mol. The van der Waals surface area contributed by atoms with Crippen molar-refractivity contribution in [2.24, 2.45) is 0 Å². The third-order valence-electron chi connectivity index (χ3n) is 2.48. The van der Waals surface area contributed by atoms with Crippen molar-refractivity contribution in [2.45, 2.75) is 26.0 Å². The third kappa shape index (κ3) is 2.27. The summed E-state index contributed by atoms with van der Waals surface area (Å²) in [5.74, 6) is 0. The molecular weight excluding hydrogens is 307 g/mol. The van der Waals surface area contributed by atoms with Gasteiger partial charge < -0.3 is 9.52 Å². The summed E-state index contributed by atoms with van der Waals surface area (Å²) in [6.07, 6.45) is 2.25. The molecule has 0 amide bonds. The van der Waals surface area contributed by atoms with Crippen LogP contribution in [0, 0.1) is 0 Å². The lowest BCUT2D eigenvalue weighted by molar-refractivity contribution is 0.203. The Labute approximate surface area is 112 Å². The second-order valence-electron chi connectivity index (χ2n) is 3.97. The number of aliphatic hydroxyl groups excluding tert-OH is 1. The van der Waals surface area contributed by atoms with E-state index in [0.717, 1.165) is 4.47 Å². The topological polar surface area (TPSA) is 51.2 Å². The molecule has 0 spiro atoms. The minimum atomic E-state index is -0.861. The number of rotatable bonds is 3. The van der Waals surface area contributed by atoms with E-state index in [1.807, 2.05) is 13.8 Å². The Balaban J connectivity index is 2.47. The van der Waals surface area contributed by atoms with Gasteiger partial charge in [0.2, 0.25) is 0 Å². The van der Waals surface area contributed by atoms with Crippen LogP contribution in [0.15, 0.2) is 27.4 Å². The van der Waals surface area contributed by atoms with Crippen LogP contribution >= 0.6 is 27.5 Å². The van der Waals surface area contributed by atoms with Crippen molar-refractivity contribution in [3.63, 3.8) is 0 Å². The second kappa shape index (κ2) is 4.84. The molecule has 0 saturated carbocycles. The predicted molar refractivity (Wildman–Crippen MR) is 68.1 cm³/mol. The van der Waals surface area contributed by atoms with E-state index >= 15 is 0 Å². The predicted octanol–water partition coefficient (Wildman–Crippen LogP) is 3.55. The molecule has 1 N–H and O–H groups in total. The molecule has 2 aromatic heterocycles. The van der Waals surface area contributed by atoms with Gasteiger partial charge >= 0.3 is 0 Å². The summed E-state index contributed by atoms with van der Waals surface area (Å²) in [6.45, 7) is 3.99. The highest BCUT2D eigenvalue weighted by Crippen LogP contribution is 2.34. The normalized spacial score (nSPS) is 13.3. The number of nitrogens with zero attached hydrogens (tertiary/aromatic N) is 2. The maximum atomic E-state index is 10.3. The van der Waals surface area contributed by atoms with Crippen molar-refractivity contribution in [2.75, 3.05) is 0 Å². The highest BCUT2D eigenvalue weighted by Gasteiger charge is 2.24. The van der Waals surface area contributed by atoms with Gasteiger partial charge in [0.15, 0.2) is 5.22 Å². The average molecular weight is 320 g/mol. The molecule has 2 heterocycles. The van der Waals surface area contributed by atoms with Gasteiger partial charge in [-0.2, -0.15) is 5.10 Å². The molecule has 0 bridgehead atoms. The maximum absolute atomic E-state index is 10.3. The lowest BCUT2D eigenvalue weighted by atomic mass is 10.1. The molecule has 6 heteroatoms. The van der Waals surface area contributed by atoms with E-state index in [9.17, 15) is 5.11 Å². The Bertz CT molecular complexity index is 521. The van der Waals surface area contributed by atoms with Crippen LogP contribution in [-0.4, -0.2) is 14.9 Å². The first-order valence-electron chi connectivity index (χ1n) is 5.16. The molecule has 92 valence electrons. The molecule has 0 aliphatic carbocycles. The molecule has 2 aromatic rings. The van der Waals surface area contributed by atoms with Gasteiger partial charge in [0.05, 0.1) is 22.6 Å². The van der Waals surface area contributed by atoms with E-state index in [-0.39, 0.29) is 11.3 Å². The van der Waals surface area contributed by atoms with Gasteiger partial charge in [0.25, 0.3) is 0 Å². The Kier molecular flexibility index (Phi) is 3.61. The quantitative estimate of drug-likeness (QED) is 0.941. The van der Waals surface area contributed by atoms with Crippen molar-refractivity contribution in [3.8, 4) is 0 Å². The van der Waals surface area contributed by atoms with Gasteiger partial charge in [-0.3, -0.25) is 4.68 Å². The van der Waals surface area contributed by atoms with Crippen LogP contribution in [-0.2, 0) is 0 Å². The fourth-order valence-electron chi connectivity index (χ4n) is 1.66. The molecule has 2 rings (SSSR count). The van der Waals surface area contributed by atoms with Crippen molar-refractivity contribution in [1.82, 2.24) is 9.78 Å². The number of aromatic nitrogens is 2. The highest BCUT2D eigenvalue weighted by molar-refractivity contribution is 9.10. The lowest BCUT2D eigenvalue weighted by Crippen LogP contribution is -2.12. The summed E-state index contributed by atoms with van der Waals surface area (Å²) >= 11 is 9.24. The molecule has 0 aliphatic rings. The fourth-order valence-corrected chi connectivity index (χ4v) is 2.37.